The molecule has 0 saturated heterocycles. The number of nitrogens with zero attached hydrogens (tertiary/aromatic N) is 3. The molecule has 0 bridgehead atoms. The summed E-state index contributed by atoms with van der Waals surface area (Å²) in [7, 11) is 5.90. The first-order valence-electron chi connectivity index (χ1n) is 6.93. The standard InChI is InChI=1S/C15H23FN4/c1-19(2)14(11-5-4-6-12(16)9-11)10-18-15(17)20(3)13-7-8-13/h4-6,9,13-14H,7-8,10H2,1-3H3,(H2,17,18). The Balaban J connectivity index is 2.07. The smallest absolute Gasteiger partial charge is 0.191 e. The highest BCUT2D eigenvalue weighted by molar-refractivity contribution is 5.78. The molecule has 0 spiro atoms. The van der Waals surface area contributed by atoms with Crippen molar-refractivity contribution in [3.05, 3.63) is 35.6 Å². The predicted octanol–water partition coefficient (Wildman–Crippen LogP) is 1.84. The van der Waals surface area contributed by atoms with E-state index in [9.17, 15) is 4.39 Å². The molecule has 5 heteroatoms. The molecule has 0 aliphatic heterocycles. The van der Waals surface area contributed by atoms with Gasteiger partial charge in [0.15, 0.2) is 5.96 Å². The zero-order chi connectivity index (χ0) is 14.7. The quantitative estimate of drug-likeness (QED) is 0.660. The van der Waals surface area contributed by atoms with Crippen LogP contribution in [0.2, 0.25) is 0 Å². The molecule has 1 aromatic rings. The van der Waals surface area contributed by atoms with Crippen LogP contribution in [-0.4, -0.2) is 49.5 Å². The number of nitrogens with two attached hydrogens (primary N) is 1. The van der Waals surface area contributed by atoms with Gasteiger partial charge in [-0.1, -0.05) is 12.1 Å². The Kier molecular flexibility index (Phi) is 4.60. The van der Waals surface area contributed by atoms with Gasteiger partial charge in [0.05, 0.1) is 12.6 Å². The van der Waals surface area contributed by atoms with Crippen LogP contribution < -0.4 is 5.73 Å². The third-order valence-electron chi connectivity index (χ3n) is 3.74. The van der Waals surface area contributed by atoms with Crippen LogP contribution in [0.5, 0.6) is 0 Å². The van der Waals surface area contributed by atoms with E-state index in [1.165, 1.54) is 18.9 Å². The van der Waals surface area contributed by atoms with E-state index in [1.807, 2.05) is 37.0 Å². The van der Waals surface area contributed by atoms with E-state index in [1.54, 1.807) is 12.1 Å². The minimum atomic E-state index is -0.221. The Morgan fingerprint density at radius 2 is 2.10 bits per heavy atom. The van der Waals surface area contributed by atoms with Gasteiger partial charge in [-0.2, -0.15) is 0 Å². The fraction of sp³-hybridized carbons (Fsp3) is 0.533. The van der Waals surface area contributed by atoms with Crippen molar-refractivity contribution in [1.82, 2.24) is 9.80 Å². The Labute approximate surface area is 120 Å². The molecule has 1 aromatic carbocycles. The molecule has 0 heterocycles. The average molecular weight is 278 g/mol. The van der Waals surface area contributed by atoms with Gasteiger partial charge in [-0.3, -0.25) is 4.99 Å². The summed E-state index contributed by atoms with van der Waals surface area (Å²) < 4.78 is 13.3. The number of halogens is 1. The van der Waals surface area contributed by atoms with E-state index in [4.69, 9.17) is 5.73 Å². The second-order valence-electron chi connectivity index (χ2n) is 5.58. The first kappa shape index (κ1) is 14.8. The second-order valence-corrected chi connectivity index (χ2v) is 5.58. The van der Waals surface area contributed by atoms with Gasteiger partial charge in [-0.05, 0) is 44.6 Å². The number of hydrogen-bond donors (Lipinski definition) is 1. The van der Waals surface area contributed by atoms with Crippen LogP contribution >= 0.6 is 0 Å². The van der Waals surface area contributed by atoms with Crippen molar-refractivity contribution in [1.29, 1.82) is 0 Å². The predicted molar refractivity (Wildman–Crippen MR) is 80.1 cm³/mol. The number of likely N-dealkylation sites (N-methyl/N-ethyl adjacent to an activating group) is 1. The zero-order valence-electron chi connectivity index (χ0n) is 12.4. The lowest BCUT2D eigenvalue weighted by Gasteiger charge is -2.24. The molecule has 0 radical (unpaired) electrons. The first-order chi connectivity index (χ1) is 9.49. The Bertz CT molecular complexity index is 483. The van der Waals surface area contributed by atoms with Crippen molar-refractivity contribution in [3.63, 3.8) is 0 Å². The molecule has 1 aliphatic carbocycles. The summed E-state index contributed by atoms with van der Waals surface area (Å²) in [5.74, 6) is 0.345. The number of hydrogen-bond acceptors (Lipinski definition) is 2. The van der Waals surface area contributed by atoms with E-state index < -0.39 is 0 Å². The highest BCUT2D eigenvalue weighted by atomic mass is 19.1. The zero-order valence-corrected chi connectivity index (χ0v) is 12.4. The molecule has 1 aliphatic rings. The topological polar surface area (TPSA) is 44.9 Å². The van der Waals surface area contributed by atoms with Gasteiger partial charge in [0.25, 0.3) is 0 Å². The summed E-state index contributed by atoms with van der Waals surface area (Å²) >= 11 is 0. The van der Waals surface area contributed by atoms with Gasteiger partial charge in [0.2, 0.25) is 0 Å². The fourth-order valence-corrected chi connectivity index (χ4v) is 2.22. The SMILES string of the molecule is CN(C)C(CN=C(N)N(C)C1CC1)c1cccc(F)c1. The summed E-state index contributed by atoms with van der Waals surface area (Å²) in [6, 6.07) is 7.23. The number of guanidine groups is 1. The second kappa shape index (κ2) is 6.22. The van der Waals surface area contributed by atoms with Gasteiger partial charge >= 0.3 is 0 Å². The van der Waals surface area contributed by atoms with Crippen LogP contribution in [0.3, 0.4) is 0 Å². The van der Waals surface area contributed by atoms with E-state index in [0.717, 1.165) is 5.56 Å². The summed E-state index contributed by atoms with van der Waals surface area (Å²) in [5, 5.41) is 0. The maximum absolute atomic E-state index is 13.3. The van der Waals surface area contributed by atoms with Gasteiger partial charge < -0.3 is 15.5 Å². The average Bonchev–Trinajstić information content (AvgIpc) is 3.21. The van der Waals surface area contributed by atoms with Crippen LogP contribution in [0.4, 0.5) is 4.39 Å². The molecular formula is C15H23FN4. The van der Waals surface area contributed by atoms with Crippen LogP contribution in [-0.2, 0) is 0 Å². The van der Waals surface area contributed by atoms with Gasteiger partial charge in [0, 0.05) is 13.1 Å². The molecule has 110 valence electrons. The summed E-state index contributed by atoms with van der Waals surface area (Å²) in [4.78, 5) is 8.53. The lowest BCUT2D eigenvalue weighted by atomic mass is 10.1. The van der Waals surface area contributed by atoms with E-state index >= 15 is 0 Å². The van der Waals surface area contributed by atoms with Crippen molar-refractivity contribution in [2.24, 2.45) is 10.7 Å². The van der Waals surface area contributed by atoms with Gasteiger partial charge in [-0.25, -0.2) is 4.39 Å². The van der Waals surface area contributed by atoms with E-state index in [2.05, 4.69) is 4.99 Å². The monoisotopic (exact) mass is 278 g/mol. The van der Waals surface area contributed by atoms with Crippen LogP contribution in [0.25, 0.3) is 0 Å². The molecule has 4 nitrogen and oxygen atoms in total. The van der Waals surface area contributed by atoms with Gasteiger partial charge in [-0.15, -0.1) is 0 Å². The molecule has 0 amide bonds. The molecule has 1 saturated carbocycles. The third-order valence-corrected chi connectivity index (χ3v) is 3.74. The van der Waals surface area contributed by atoms with Crippen molar-refractivity contribution < 1.29 is 4.39 Å². The van der Waals surface area contributed by atoms with Crippen molar-refractivity contribution >= 4 is 5.96 Å². The van der Waals surface area contributed by atoms with Crippen LogP contribution in [0.15, 0.2) is 29.3 Å². The number of rotatable bonds is 5. The number of aliphatic imine (C=N–C) groups is 1. The largest absolute Gasteiger partial charge is 0.370 e. The van der Waals surface area contributed by atoms with E-state index in [-0.39, 0.29) is 11.9 Å². The highest BCUT2D eigenvalue weighted by Crippen LogP contribution is 2.25. The van der Waals surface area contributed by atoms with Crippen molar-refractivity contribution in [3.8, 4) is 0 Å². The maximum Gasteiger partial charge on any atom is 0.191 e. The van der Waals surface area contributed by atoms with Crippen LogP contribution in [0.1, 0.15) is 24.4 Å². The molecule has 1 unspecified atom stereocenters. The lowest BCUT2D eigenvalue weighted by Crippen LogP contribution is -2.36. The molecule has 1 fully saturated rings. The maximum atomic E-state index is 13.3. The van der Waals surface area contributed by atoms with Gasteiger partial charge in [0.1, 0.15) is 5.82 Å². The first-order valence-corrected chi connectivity index (χ1v) is 6.93. The summed E-state index contributed by atoms with van der Waals surface area (Å²) in [5.41, 5.74) is 6.92. The van der Waals surface area contributed by atoms with Crippen LogP contribution in [0, 0.1) is 5.82 Å². The minimum absolute atomic E-state index is 0.0249. The molecule has 20 heavy (non-hydrogen) atoms. The highest BCUT2D eigenvalue weighted by Gasteiger charge is 2.27. The normalized spacial score (nSPS) is 17.4. The van der Waals surface area contributed by atoms with Crippen molar-refractivity contribution in [2.45, 2.75) is 24.9 Å². The fourth-order valence-electron chi connectivity index (χ4n) is 2.22. The molecule has 0 aromatic heterocycles. The van der Waals surface area contributed by atoms with E-state index in [0.29, 0.717) is 18.5 Å². The molecular weight excluding hydrogens is 255 g/mol. The molecule has 2 N–H and O–H groups in total. The third kappa shape index (κ3) is 3.70. The molecule has 1 atom stereocenters. The lowest BCUT2D eigenvalue weighted by molar-refractivity contribution is 0.304. The Morgan fingerprint density at radius 3 is 2.65 bits per heavy atom. The Hall–Kier alpha value is -1.62. The van der Waals surface area contributed by atoms with Crippen molar-refractivity contribution in [2.75, 3.05) is 27.7 Å². The summed E-state index contributed by atoms with van der Waals surface area (Å²) in [6.45, 7) is 0.527. The summed E-state index contributed by atoms with van der Waals surface area (Å²) in [6.07, 6.45) is 2.38. The Morgan fingerprint density at radius 1 is 1.40 bits per heavy atom. The minimum Gasteiger partial charge on any atom is -0.370 e. The molecule has 2 rings (SSSR count). The number of benzene rings is 1.